The molecule has 0 spiro atoms. The van der Waals surface area contributed by atoms with E-state index >= 15 is 0 Å². The lowest BCUT2D eigenvalue weighted by atomic mass is 9.78. The summed E-state index contributed by atoms with van der Waals surface area (Å²) in [4.78, 5) is 10.6. The second-order valence-corrected chi connectivity index (χ2v) is 12.0. The molecule has 0 amide bonds. The quantitative estimate of drug-likeness (QED) is 0.552. The van der Waals surface area contributed by atoms with Gasteiger partial charge in [0.1, 0.15) is 5.75 Å². The van der Waals surface area contributed by atoms with Gasteiger partial charge in [-0.05, 0) is 52.6 Å². The van der Waals surface area contributed by atoms with Gasteiger partial charge in [-0.3, -0.25) is 4.79 Å². The molecular weight excluding hydrogens is 438 g/mol. The number of carboxylic acids is 1. The molecule has 2 N–H and O–H groups in total. The second-order valence-electron chi connectivity index (χ2n) is 10.1. The van der Waals surface area contributed by atoms with Crippen LogP contribution in [0.2, 0.25) is 0 Å². The number of hydrogen-bond acceptors (Lipinski definition) is 5. The zero-order chi connectivity index (χ0) is 25.2. The largest absolute Gasteiger partial charge is 0.507 e. The molecule has 0 heterocycles. The summed E-state index contributed by atoms with van der Waals surface area (Å²) in [6.07, 6.45) is 1.25. The Balaban J connectivity index is 2.68. The number of nitrogens with zero attached hydrogens (tertiary/aromatic N) is 1. The first-order valence-corrected chi connectivity index (χ1v) is 12.1. The van der Waals surface area contributed by atoms with Crippen molar-refractivity contribution in [3.8, 4) is 11.8 Å². The van der Waals surface area contributed by atoms with Crippen LogP contribution in [-0.4, -0.2) is 24.6 Å². The number of hydrogen-bond donors (Lipinski definition) is 2. The van der Waals surface area contributed by atoms with Gasteiger partial charge < -0.3 is 10.2 Å². The summed E-state index contributed by atoms with van der Waals surface area (Å²) < 4.78 is 27.1. The fourth-order valence-electron chi connectivity index (χ4n) is 3.51. The number of nitriles is 1. The van der Waals surface area contributed by atoms with Gasteiger partial charge in [-0.2, -0.15) is 5.26 Å². The van der Waals surface area contributed by atoms with Crippen LogP contribution < -0.4 is 0 Å². The molecule has 0 aliphatic rings. The number of rotatable bonds is 6. The van der Waals surface area contributed by atoms with Crippen LogP contribution in [0, 0.1) is 11.3 Å². The normalized spacial score (nSPS) is 12.9. The minimum absolute atomic E-state index is 0.00534. The van der Waals surface area contributed by atoms with Crippen LogP contribution in [0.5, 0.6) is 5.75 Å². The van der Waals surface area contributed by atoms with Crippen LogP contribution in [0.1, 0.15) is 70.2 Å². The Labute approximate surface area is 196 Å². The lowest BCUT2D eigenvalue weighted by Gasteiger charge is -2.28. The molecule has 6 nitrogen and oxygen atoms in total. The van der Waals surface area contributed by atoms with Crippen molar-refractivity contribution in [2.75, 3.05) is 0 Å². The highest BCUT2D eigenvalue weighted by molar-refractivity contribution is 8.00. The van der Waals surface area contributed by atoms with Gasteiger partial charge in [-0.1, -0.05) is 53.7 Å². The molecule has 7 heteroatoms. The molecule has 0 atom stereocenters. The van der Waals surface area contributed by atoms with E-state index in [-0.39, 0.29) is 22.0 Å². The molecule has 33 heavy (non-hydrogen) atoms. The molecule has 0 saturated carbocycles. The maximum atomic E-state index is 13.5. The van der Waals surface area contributed by atoms with Gasteiger partial charge in [-0.25, -0.2) is 8.42 Å². The fourth-order valence-corrected chi connectivity index (χ4v) is 4.89. The van der Waals surface area contributed by atoms with E-state index in [1.165, 1.54) is 12.1 Å². The van der Waals surface area contributed by atoms with Crippen LogP contribution in [0.3, 0.4) is 0 Å². The fraction of sp³-hybridized carbons (Fsp3) is 0.385. The van der Waals surface area contributed by atoms with Crippen LogP contribution in [-0.2, 0) is 31.9 Å². The molecule has 0 fully saturated rings. The first-order chi connectivity index (χ1) is 15.1. The third-order valence-corrected chi connectivity index (χ3v) is 7.18. The van der Waals surface area contributed by atoms with Gasteiger partial charge in [0.25, 0.3) is 0 Å². The standard InChI is InChI=1S/C26H31NO5S/c1-25(2,3)20-15-18(16-21(24(20)30)26(4,5)6)22(13-14-27)33(31,32)19-10-7-17(8-11-19)9-12-23(28)29/h7-8,10-11,13,15-16,30H,9,12H2,1-6H3,(H,28,29). The smallest absolute Gasteiger partial charge is 0.303 e. The number of carboxylic acid groups (broad SMARTS) is 1. The van der Waals surface area contributed by atoms with Gasteiger partial charge in [0, 0.05) is 23.6 Å². The van der Waals surface area contributed by atoms with E-state index in [1.54, 1.807) is 24.3 Å². The lowest BCUT2D eigenvalue weighted by Crippen LogP contribution is -2.18. The summed E-state index contributed by atoms with van der Waals surface area (Å²) >= 11 is 0. The molecule has 2 aromatic carbocycles. The minimum atomic E-state index is -4.06. The van der Waals surface area contributed by atoms with Crippen molar-refractivity contribution in [3.05, 3.63) is 64.7 Å². The van der Waals surface area contributed by atoms with E-state index in [4.69, 9.17) is 5.11 Å². The van der Waals surface area contributed by atoms with E-state index in [0.29, 0.717) is 28.7 Å². The third-order valence-electron chi connectivity index (χ3n) is 5.36. The predicted molar refractivity (Wildman–Crippen MR) is 129 cm³/mol. The predicted octanol–water partition coefficient (Wildman–Crippen LogP) is 5.34. The van der Waals surface area contributed by atoms with Gasteiger partial charge in [0.05, 0.1) is 15.9 Å². The third kappa shape index (κ3) is 6.02. The van der Waals surface area contributed by atoms with Crippen molar-refractivity contribution in [2.24, 2.45) is 0 Å². The summed E-state index contributed by atoms with van der Waals surface area (Å²) in [5, 5.41) is 29.2. The number of phenolic OH excluding ortho intramolecular Hbond substituents is 1. The summed E-state index contributed by atoms with van der Waals surface area (Å²) in [6.45, 7) is 11.6. The summed E-state index contributed by atoms with van der Waals surface area (Å²) in [5.41, 5.74) is 1.29. The average Bonchev–Trinajstić information content (AvgIpc) is 2.69. The van der Waals surface area contributed by atoms with E-state index < -0.39 is 26.6 Å². The number of phenols is 1. The molecule has 0 radical (unpaired) electrons. The maximum absolute atomic E-state index is 13.5. The highest BCUT2D eigenvalue weighted by Gasteiger charge is 2.30. The average molecular weight is 470 g/mol. The van der Waals surface area contributed by atoms with E-state index in [2.05, 4.69) is 0 Å². The van der Waals surface area contributed by atoms with E-state index in [1.807, 2.05) is 47.6 Å². The Hall–Kier alpha value is -3.11. The van der Waals surface area contributed by atoms with Crippen molar-refractivity contribution < 1.29 is 23.4 Å². The monoisotopic (exact) mass is 469 g/mol. The van der Waals surface area contributed by atoms with Crippen molar-refractivity contribution >= 4 is 20.7 Å². The first kappa shape index (κ1) is 26.1. The lowest BCUT2D eigenvalue weighted by molar-refractivity contribution is -0.136. The summed E-state index contributed by atoms with van der Waals surface area (Å²) in [7, 11) is -4.06. The maximum Gasteiger partial charge on any atom is 0.303 e. The molecule has 2 rings (SSSR count). The minimum Gasteiger partial charge on any atom is -0.507 e. The number of sulfone groups is 1. The number of aliphatic carboxylic acids is 1. The second kappa shape index (κ2) is 9.40. The zero-order valence-electron chi connectivity index (χ0n) is 19.9. The molecule has 176 valence electrons. The molecule has 0 aliphatic carbocycles. The molecule has 2 aromatic rings. The molecular formula is C26H31NO5S. The van der Waals surface area contributed by atoms with E-state index in [0.717, 1.165) is 6.08 Å². The Bertz CT molecular complexity index is 1180. The molecule has 0 bridgehead atoms. The highest BCUT2D eigenvalue weighted by Crippen LogP contribution is 2.42. The Kier molecular flexibility index (Phi) is 7.45. The van der Waals surface area contributed by atoms with Crippen molar-refractivity contribution in [2.45, 2.75) is 70.1 Å². The molecule has 0 unspecified atom stereocenters. The van der Waals surface area contributed by atoms with E-state index in [9.17, 15) is 23.6 Å². The van der Waals surface area contributed by atoms with Crippen LogP contribution in [0.15, 0.2) is 47.4 Å². The van der Waals surface area contributed by atoms with Gasteiger partial charge in [-0.15, -0.1) is 0 Å². The van der Waals surface area contributed by atoms with Gasteiger partial charge >= 0.3 is 5.97 Å². The van der Waals surface area contributed by atoms with Crippen molar-refractivity contribution in [1.82, 2.24) is 0 Å². The Morgan fingerprint density at radius 1 is 1.00 bits per heavy atom. The zero-order valence-corrected chi connectivity index (χ0v) is 20.7. The Morgan fingerprint density at radius 2 is 1.48 bits per heavy atom. The highest BCUT2D eigenvalue weighted by atomic mass is 32.2. The number of aromatic hydroxyl groups is 1. The first-order valence-electron chi connectivity index (χ1n) is 10.6. The van der Waals surface area contributed by atoms with Crippen LogP contribution in [0.25, 0.3) is 4.91 Å². The van der Waals surface area contributed by atoms with Crippen molar-refractivity contribution in [1.29, 1.82) is 5.26 Å². The summed E-state index contributed by atoms with van der Waals surface area (Å²) in [6, 6.07) is 11.1. The molecule has 0 aliphatic heterocycles. The van der Waals surface area contributed by atoms with Crippen LogP contribution in [0.4, 0.5) is 0 Å². The topological polar surface area (TPSA) is 115 Å². The SMILES string of the molecule is CC(C)(C)c1cc(C(=CC#N)S(=O)(=O)c2ccc(CCC(=O)O)cc2)cc(C(C)(C)C)c1O. The van der Waals surface area contributed by atoms with Crippen LogP contribution >= 0.6 is 0 Å². The van der Waals surface area contributed by atoms with Gasteiger partial charge in [0.2, 0.25) is 9.84 Å². The van der Waals surface area contributed by atoms with Gasteiger partial charge in [0.15, 0.2) is 0 Å². The Morgan fingerprint density at radius 3 is 1.88 bits per heavy atom. The molecule has 0 saturated heterocycles. The van der Waals surface area contributed by atoms with Crippen molar-refractivity contribution in [3.63, 3.8) is 0 Å². The number of benzene rings is 2. The number of aryl methyl sites for hydroxylation is 1. The molecule has 0 aromatic heterocycles. The number of carbonyl (C=O) groups is 1. The number of allylic oxidation sites excluding steroid dienone is 1. The summed E-state index contributed by atoms with van der Waals surface area (Å²) in [5.74, 6) is -0.808.